The predicted octanol–water partition coefficient (Wildman–Crippen LogP) is 2.33. The lowest BCUT2D eigenvalue weighted by Crippen LogP contribution is -2.21. The molecule has 0 aliphatic carbocycles. The van der Waals surface area contributed by atoms with Gasteiger partial charge in [0.1, 0.15) is 0 Å². The van der Waals surface area contributed by atoms with Crippen LogP contribution in [-0.2, 0) is 0 Å². The molecule has 5 heteroatoms. The number of guanidine groups is 1. The molecule has 0 aliphatic rings. The molecule has 0 fully saturated rings. The number of nitrogens with zero attached hydrogens (tertiary/aromatic N) is 2. The third-order valence-corrected chi connectivity index (χ3v) is 3.12. The Morgan fingerprint density at radius 1 is 1.29 bits per heavy atom. The van der Waals surface area contributed by atoms with Crippen molar-refractivity contribution in [1.29, 1.82) is 0 Å². The fraction of sp³-hybridized carbons (Fsp3) is 0.167. The van der Waals surface area contributed by atoms with E-state index in [1.807, 2.05) is 5.38 Å². The van der Waals surface area contributed by atoms with Crippen LogP contribution >= 0.6 is 11.3 Å². The SMILES string of the molecule is Cc1ccc(C)c(-c2csc(N=C(N)N)n2)c1. The molecular weight excluding hydrogens is 232 g/mol. The van der Waals surface area contributed by atoms with E-state index in [4.69, 9.17) is 11.5 Å². The van der Waals surface area contributed by atoms with Crippen LogP contribution in [-0.4, -0.2) is 10.9 Å². The van der Waals surface area contributed by atoms with Gasteiger partial charge in [-0.3, -0.25) is 0 Å². The molecule has 1 heterocycles. The second-order valence-electron chi connectivity index (χ2n) is 3.87. The molecule has 2 aromatic rings. The van der Waals surface area contributed by atoms with Gasteiger partial charge in [-0.1, -0.05) is 17.7 Å². The Bertz CT molecular complexity index is 568. The van der Waals surface area contributed by atoms with Crippen LogP contribution in [0, 0.1) is 13.8 Å². The average molecular weight is 246 g/mol. The molecule has 0 aliphatic heterocycles. The number of hydrogen-bond acceptors (Lipinski definition) is 3. The van der Waals surface area contributed by atoms with E-state index in [0.29, 0.717) is 5.13 Å². The lowest BCUT2D eigenvalue weighted by atomic mass is 10.0. The van der Waals surface area contributed by atoms with E-state index < -0.39 is 0 Å². The maximum absolute atomic E-state index is 5.32. The largest absolute Gasteiger partial charge is 0.370 e. The second-order valence-corrected chi connectivity index (χ2v) is 4.71. The summed E-state index contributed by atoms with van der Waals surface area (Å²) in [7, 11) is 0. The van der Waals surface area contributed by atoms with Crippen molar-refractivity contribution in [2.45, 2.75) is 13.8 Å². The van der Waals surface area contributed by atoms with Gasteiger partial charge in [-0.25, -0.2) is 4.98 Å². The smallest absolute Gasteiger partial charge is 0.212 e. The minimum atomic E-state index is 0.0341. The number of thiazole rings is 1. The number of nitrogens with two attached hydrogens (primary N) is 2. The van der Waals surface area contributed by atoms with Crippen LogP contribution in [0.3, 0.4) is 0 Å². The lowest BCUT2D eigenvalue weighted by molar-refractivity contribution is 1.30. The fourth-order valence-corrected chi connectivity index (χ4v) is 2.27. The van der Waals surface area contributed by atoms with Crippen molar-refractivity contribution in [2.75, 3.05) is 0 Å². The quantitative estimate of drug-likeness (QED) is 0.630. The molecule has 0 atom stereocenters. The topological polar surface area (TPSA) is 77.3 Å². The molecule has 2 rings (SSSR count). The highest BCUT2D eigenvalue weighted by Crippen LogP contribution is 2.29. The Hall–Kier alpha value is -1.88. The van der Waals surface area contributed by atoms with E-state index >= 15 is 0 Å². The predicted molar refractivity (Wildman–Crippen MR) is 72.5 cm³/mol. The molecule has 1 aromatic heterocycles. The molecule has 0 bridgehead atoms. The maximum atomic E-state index is 5.32. The summed E-state index contributed by atoms with van der Waals surface area (Å²) in [5.74, 6) is 0.0341. The van der Waals surface area contributed by atoms with Crippen molar-refractivity contribution in [1.82, 2.24) is 4.98 Å². The second kappa shape index (κ2) is 4.55. The number of aliphatic imine (C=N–C) groups is 1. The van der Waals surface area contributed by atoms with E-state index in [2.05, 4.69) is 42.0 Å². The van der Waals surface area contributed by atoms with Crippen molar-refractivity contribution in [2.24, 2.45) is 16.5 Å². The molecule has 0 amide bonds. The molecule has 4 N–H and O–H groups in total. The van der Waals surface area contributed by atoms with Crippen molar-refractivity contribution >= 4 is 22.4 Å². The Kier molecular flexibility index (Phi) is 3.10. The maximum Gasteiger partial charge on any atom is 0.212 e. The van der Waals surface area contributed by atoms with Crippen LogP contribution < -0.4 is 11.5 Å². The minimum absolute atomic E-state index is 0.0341. The van der Waals surface area contributed by atoms with Crippen molar-refractivity contribution < 1.29 is 0 Å². The lowest BCUT2D eigenvalue weighted by Gasteiger charge is -2.03. The summed E-state index contributed by atoms with van der Waals surface area (Å²) in [4.78, 5) is 8.33. The fourth-order valence-electron chi connectivity index (χ4n) is 1.56. The van der Waals surface area contributed by atoms with Gasteiger partial charge in [-0.05, 0) is 25.5 Å². The van der Waals surface area contributed by atoms with E-state index in [1.165, 1.54) is 22.5 Å². The molecule has 0 saturated carbocycles. The minimum Gasteiger partial charge on any atom is -0.370 e. The number of hydrogen-bond donors (Lipinski definition) is 2. The van der Waals surface area contributed by atoms with Gasteiger partial charge in [0.05, 0.1) is 5.69 Å². The summed E-state index contributed by atoms with van der Waals surface area (Å²) >= 11 is 1.43. The van der Waals surface area contributed by atoms with Gasteiger partial charge in [0.25, 0.3) is 0 Å². The molecular formula is C12H14N4S. The van der Waals surface area contributed by atoms with Gasteiger partial charge >= 0.3 is 0 Å². The molecule has 1 aromatic carbocycles. The first-order valence-corrected chi connectivity index (χ1v) is 6.07. The van der Waals surface area contributed by atoms with Crippen molar-refractivity contribution in [3.63, 3.8) is 0 Å². The normalized spacial score (nSPS) is 10.2. The number of benzene rings is 1. The van der Waals surface area contributed by atoms with Gasteiger partial charge in [-0.2, -0.15) is 4.99 Å². The van der Waals surface area contributed by atoms with Gasteiger partial charge in [0, 0.05) is 10.9 Å². The standard InChI is InChI=1S/C12H14N4S/c1-7-3-4-8(2)9(5-7)10-6-17-12(15-10)16-11(13)14/h3-6H,1-2H3,(H4,13,14,15,16). The number of rotatable bonds is 2. The summed E-state index contributed by atoms with van der Waals surface area (Å²) in [5.41, 5.74) is 15.1. The summed E-state index contributed by atoms with van der Waals surface area (Å²) in [6.07, 6.45) is 0. The summed E-state index contributed by atoms with van der Waals surface area (Å²) in [5, 5.41) is 2.55. The first-order valence-electron chi connectivity index (χ1n) is 5.19. The van der Waals surface area contributed by atoms with E-state index in [-0.39, 0.29) is 5.96 Å². The van der Waals surface area contributed by atoms with Crippen LogP contribution in [0.5, 0.6) is 0 Å². The molecule has 17 heavy (non-hydrogen) atoms. The highest BCUT2D eigenvalue weighted by atomic mass is 32.1. The number of aromatic nitrogens is 1. The van der Waals surface area contributed by atoms with Gasteiger partial charge in [-0.15, -0.1) is 11.3 Å². The van der Waals surface area contributed by atoms with Crippen LogP contribution in [0.25, 0.3) is 11.3 Å². The first kappa shape index (κ1) is 11.6. The van der Waals surface area contributed by atoms with Gasteiger partial charge in [0.2, 0.25) is 5.13 Å². The van der Waals surface area contributed by atoms with Gasteiger partial charge in [0.15, 0.2) is 5.96 Å². The van der Waals surface area contributed by atoms with Crippen LogP contribution in [0.4, 0.5) is 5.13 Å². The third-order valence-electron chi connectivity index (χ3n) is 2.39. The van der Waals surface area contributed by atoms with E-state index in [1.54, 1.807) is 0 Å². The monoisotopic (exact) mass is 246 g/mol. The molecule has 0 spiro atoms. The molecule has 0 radical (unpaired) electrons. The summed E-state index contributed by atoms with van der Waals surface area (Å²) in [6, 6.07) is 6.29. The van der Waals surface area contributed by atoms with E-state index in [9.17, 15) is 0 Å². The first-order chi connectivity index (χ1) is 8.06. The molecule has 4 nitrogen and oxygen atoms in total. The summed E-state index contributed by atoms with van der Waals surface area (Å²) in [6.45, 7) is 4.13. The Morgan fingerprint density at radius 3 is 2.76 bits per heavy atom. The van der Waals surface area contributed by atoms with Crippen molar-refractivity contribution in [3.05, 3.63) is 34.7 Å². The van der Waals surface area contributed by atoms with Crippen LogP contribution in [0.15, 0.2) is 28.6 Å². The molecule has 0 saturated heterocycles. The zero-order valence-corrected chi connectivity index (χ0v) is 10.6. The highest BCUT2D eigenvalue weighted by molar-refractivity contribution is 7.13. The van der Waals surface area contributed by atoms with Crippen LogP contribution in [0.1, 0.15) is 11.1 Å². The number of aryl methyl sites for hydroxylation is 2. The average Bonchev–Trinajstić information content (AvgIpc) is 2.69. The zero-order valence-electron chi connectivity index (χ0n) is 9.77. The summed E-state index contributed by atoms with van der Waals surface area (Å²) < 4.78 is 0. The van der Waals surface area contributed by atoms with E-state index in [0.717, 1.165) is 11.3 Å². The van der Waals surface area contributed by atoms with Crippen molar-refractivity contribution in [3.8, 4) is 11.3 Å². The van der Waals surface area contributed by atoms with Gasteiger partial charge < -0.3 is 11.5 Å². The van der Waals surface area contributed by atoms with Crippen LogP contribution in [0.2, 0.25) is 0 Å². The molecule has 88 valence electrons. The Balaban J connectivity index is 2.43. The Morgan fingerprint density at radius 2 is 2.06 bits per heavy atom. The zero-order chi connectivity index (χ0) is 12.4. The molecule has 0 unspecified atom stereocenters. The Labute approximate surface area is 104 Å². The third kappa shape index (κ3) is 2.62. The highest BCUT2D eigenvalue weighted by Gasteiger charge is 2.07.